The fraction of sp³-hybridized carbons (Fsp3) is 0.316. The van der Waals surface area contributed by atoms with Gasteiger partial charge in [0.05, 0.1) is 7.11 Å². The Hall–Kier alpha value is -2.09. The van der Waals surface area contributed by atoms with Crippen LogP contribution in [0.4, 0.5) is 0 Å². The molecule has 2 aromatic carbocycles. The van der Waals surface area contributed by atoms with Crippen molar-refractivity contribution in [2.75, 3.05) is 7.11 Å². The predicted molar refractivity (Wildman–Crippen MR) is 86.0 cm³/mol. The lowest BCUT2D eigenvalue weighted by Crippen LogP contribution is -2.19. The van der Waals surface area contributed by atoms with Crippen LogP contribution in [0.5, 0.6) is 5.75 Å². The highest BCUT2D eigenvalue weighted by molar-refractivity contribution is 5.98. The van der Waals surface area contributed by atoms with Gasteiger partial charge in [0.2, 0.25) is 0 Å². The highest BCUT2D eigenvalue weighted by Crippen LogP contribution is 2.30. The minimum atomic E-state index is -0.0363. The van der Waals surface area contributed by atoms with Gasteiger partial charge in [-0.25, -0.2) is 0 Å². The number of hydrogen-bond donors (Lipinski definition) is 0. The maximum atomic E-state index is 12.7. The van der Waals surface area contributed by atoms with E-state index in [0.717, 1.165) is 17.7 Å². The first-order chi connectivity index (χ1) is 10.2. The Morgan fingerprint density at radius 3 is 2.19 bits per heavy atom. The molecule has 2 heteroatoms. The Bertz CT molecular complexity index is 572. The van der Waals surface area contributed by atoms with Gasteiger partial charge in [0, 0.05) is 11.5 Å². The lowest BCUT2D eigenvalue weighted by atomic mass is 9.81. The summed E-state index contributed by atoms with van der Waals surface area (Å²) in [6, 6.07) is 17.6. The molecule has 0 aliphatic rings. The normalized spacial score (nSPS) is 13.5. The second-order valence-electron chi connectivity index (χ2n) is 5.31. The van der Waals surface area contributed by atoms with Crippen LogP contribution in [0.15, 0.2) is 54.6 Å². The summed E-state index contributed by atoms with van der Waals surface area (Å²) in [6.45, 7) is 4.16. The first kappa shape index (κ1) is 15.3. The summed E-state index contributed by atoms with van der Waals surface area (Å²) < 4.78 is 5.14. The summed E-state index contributed by atoms with van der Waals surface area (Å²) in [5.74, 6) is 1.18. The van der Waals surface area contributed by atoms with Crippen molar-refractivity contribution in [1.29, 1.82) is 0 Å². The number of rotatable bonds is 6. The van der Waals surface area contributed by atoms with Crippen LogP contribution in [0.1, 0.15) is 42.1 Å². The van der Waals surface area contributed by atoms with Crippen LogP contribution in [-0.4, -0.2) is 12.9 Å². The summed E-state index contributed by atoms with van der Waals surface area (Å²) >= 11 is 0. The molecule has 2 unspecified atom stereocenters. The van der Waals surface area contributed by atoms with Gasteiger partial charge in [-0.2, -0.15) is 0 Å². The van der Waals surface area contributed by atoms with Crippen molar-refractivity contribution in [2.24, 2.45) is 5.92 Å². The zero-order valence-corrected chi connectivity index (χ0v) is 12.9. The first-order valence-corrected chi connectivity index (χ1v) is 7.40. The van der Waals surface area contributed by atoms with Crippen LogP contribution < -0.4 is 4.74 Å². The molecule has 2 aromatic rings. The fourth-order valence-electron chi connectivity index (χ4n) is 2.78. The number of Topliss-reactive ketones (excluding diaryl/α,β-unsaturated/α-hetero) is 1. The Morgan fingerprint density at radius 2 is 1.67 bits per heavy atom. The SMILES string of the molecule is CCC(c1ccccc1)C(C)C(=O)c1ccc(OC)cc1. The molecule has 0 heterocycles. The highest BCUT2D eigenvalue weighted by atomic mass is 16.5. The highest BCUT2D eigenvalue weighted by Gasteiger charge is 2.24. The number of ketones is 1. The Balaban J connectivity index is 2.20. The number of carbonyl (C=O) groups is 1. The molecule has 2 atom stereocenters. The van der Waals surface area contributed by atoms with Gasteiger partial charge in [0.25, 0.3) is 0 Å². The summed E-state index contributed by atoms with van der Waals surface area (Å²) in [4.78, 5) is 12.7. The minimum absolute atomic E-state index is 0.0363. The zero-order chi connectivity index (χ0) is 15.2. The van der Waals surface area contributed by atoms with Crippen molar-refractivity contribution in [1.82, 2.24) is 0 Å². The number of carbonyl (C=O) groups excluding carboxylic acids is 1. The molecule has 0 N–H and O–H groups in total. The summed E-state index contributed by atoms with van der Waals surface area (Å²) in [5, 5.41) is 0. The lowest BCUT2D eigenvalue weighted by molar-refractivity contribution is 0.0910. The van der Waals surface area contributed by atoms with E-state index in [1.165, 1.54) is 5.56 Å². The van der Waals surface area contributed by atoms with E-state index in [4.69, 9.17) is 4.74 Å². The van der Waals surface area contributed by atoms with E-state index in [1.54, 1.807) is 7.11 Å². The number of ether oxygens (including phenoxy) is 1. The van der Waals surface area contributed by atoms with Gasteiger partial charge in [-0.05, 0) is 42.2 Å². The molecule has 0 spiro atoms. The number of hydrogen-bond acceptors (Lipinski definition) is 2. The molecule has 0 bridgehead atoms. The Kier molecular flexibility index (Phi) is 5.15. The van der Waals surface area contributed by atoms with Crippen LogP contribution in [-0.2, 0) is 0 Å². The molecule has 0 aliphatic heterocycles. The molecule has 2 nitrogen and oxygen atoms in total. The van der Waals surface area contributed by atoms with E-state index in [-0.39, 0.29) is 17.6 Å². The summed E-state index contributed by atoms with van der Waals surface area (Å²) in [5.41, 5.74) is 1.98. The van der Waals surface area contributed by atoms with Crippen molar-refractivity contribution in [3.8, 4) is 5.75 Å². The van der Waals surface area contributed by atoms with Gasteiger partial charge < -0.3 is 4.74 Å². The van der Waals surface area contributed by atoms with Gasteiger partial charge >= 0.3 is 0 Å². The predicted octanol–water partition coefficient (Wildman–Crippen LogP) is 4.71. The molecule has 110 valence electrons. The maximum absolute atomic E-state index is 12.7. The Labute approximate surface area is 126 Å². The van der Waals surface area contributed by atoms with E-state index in [1.807, 2.05) is 49.4 Å². The van der Waals surface area contributed by atoms with E-state index < -0.39 is 0 Å². The van der Waals surface area contributed by atoms with E-state index in [0.29, 0.717) is 0 Å². The third-order valence-corrected chi connectivity index (χ3v) is 4.06. The lowest BCUT2D eigenvalue weighted by Gasteiger charge is -2.22. The fourth-order valence-corrected chi connectivity index (χ4v) is 2.78. The first-order valence-electron chi connectivity index (χ1n) is 7.40. The third kappa shape index (κ3) is 3.52. The Morgan fingerprint density at radius 1 is 1.05 bits per heavy atom. The van der Waals surface area contributed by atoms with E-state index >= 15 is 0 Å². The molecular weight excluding hydrogens is 260 g/mol. The van der Waals surface area contributed by atoms with Gasteiger partial charge in [0.15, 0.2) is 5.78 Å². The van der Waals surface area contributed by atoms with Crippen molar-refractivity contribution in [3.05, 3.63) is 65.7 Å². The second kappa shape index (κ2) is 7.07. The standard InChI is InChI=1S/C19H22O2/c1-4-18(15-8-6-5-7-9-15)14(2)19(20)16-10-12-17(21-3)13-11-16/h5-14,18H,4H2,1-3H3. The summed E-state index contributed by atoms with van der Waals surface area (Å²) in [7, 11) is 1.63. The van der Waals surface area contributed by atoms with Crippen molar-refractivity contribution < 1.29 is 9.53 Å². The van der Waals surface area contributed by atoms with Crippen molar-refractivity contribution in [2.45, 2.75) is 26.2 Å². The van der Waals surface area contributed by atoms with Gasteiger partial charge in [-0.1, -0.05) is 44.2 Å². The molecular formula is C19H22O2. The van der Waals surface area contributed by atoms with Crippen LogP contribution in [0.25, 0.3) is 0 Å². The molecule has 0 amide bonds. The molecule has 0 fully saturated rings. The molecule has 0 aromatic heterocycles. The molecule has 0 saturated heterocycles. The van der Waals surface area contributed by atoms with Gasteiger partial charge in [-0.15, -0.1) is 0 Å². The maximum Gasteiger partial charge on any atom is 0.166 e. The molecule has 2 rings (SSSR count). The number of benzene rings is 2. The smallest absolute Gasteiger partial charge is 0.166 e. The van der Waals surface area contributed by atoms with Crippen LogP contribution >= 0.6 is 0 Å². The second-order valence-corrected chi connectivity index (χ2v) is 5.31. The number of methoxy groups -OCH3 is 1. The molecule has 0 saturated carbocycles. The molecule has 0 aliphatic carbocycles. The largest absolute Gasteiger partial charge is 0.497 e. The van der Waals surface area contributed by atoms with Crippen LogP contribution in [0.2, 0.25) is 0 Å². The molecule has 21 heavy (non-hydrogen) atoms. The quantitative estimate of drug-likeness (QED) is 0.717. The van der Waals surface area contributed by atoms with Crippen LogP contribution in [0, 0.1) is 5.92 Å². The zero-order valence-electron chi connectivity index (χ0n) is 12.9. The third-order valence-electron chi connectivity index (χ3n) is 4.06. The monoisotopic (exact) mass is 282 g/mol. The van der Waals surface area contributed by atoms with Gasteiger partial charge in [-0.3, -0.25) is 4.79 Å². The topological polar surface area (TPSA) is 26.3 Å². The average molecular weight is 282 g/mol. The van der Waals surface area contributed by atoms with Crippen molar-refractivity contribution in [3.63, 3.8) is 0 Å². The molecule has 0 radical (unpaired) electrons. The van der Waals surface area contributed by atoms with Crippen LogP contribution in [0.3, 0.4) is 0 Å². The summed E-state index contributed by atoms with van der Waals surface area (Å²) in [6.07, 6.45) is 0.951. The average Bonchev–Trinajstić information content (AvgIpc) is 2.56. The van der Waals surface area contributed by atoms with Gasteiger partial charge in [0.1, 0.15) is 5.75 Å². The van der Waals surface area contributed by atoms with E-state index in [2.05, 4.69) is 19.1 Å². The van der Waals surface area contributed by atoms with Crippen molar-refractivity contribution >= 4 is 5.78 Å². The van der Waals surface area contributed by atoms with E-state index in [9.17, 15) is 4.79 Å². The minimum Gasteiger partial charge on any atom is -0.497 e.